The van der Waals surface area contributed by atoms with E-state index in [2.05, 4.69) is 25.9 Å². The van der Waals surface area contributed by atoms with Gasteiger partial charge >= 0.3 is 6.03 Å². The predicted octanol–water partition coefficient (Wildman–Crippen LogP) is 2.54. The van der Waals surface area contributed by atoms with Crippen LogP contribution in [0.15, 0.2) is 41.1 Å². The molecular weight excluding hydrogens is 348 g/mol. The highest BCUT2D eigenvalue weighted by molar-refractivity contribution is 5.89. The van der Waals surface area contributed by atoms with Crippen molar-refractivity contribution in [2.24, 2.45) is 7.05 Å². The van der Waals surface area contributed by atoms with E-state index in [0.717, 1.165) is 11.3 Å². The van der Waals surface area contributed by atoms with Crippen LogP contribution in [-0.2, 0) is 18.2 Å². The fraction of sp³-hybridized carbons (Fsp3) is 0.333. The maximum absolute atomic E-state index is 12.4. The minimum Gasteiger partial charge on any atom is -0.382 e. The molecule has 142 valence electrons. The normalized spacial score (nSPS) is 12.0. The number of benzene rings is 1. The van der Waals surface area contributed by atoms with Gasteiger partial charge in [-0.3, -0.25) is 4.68 Å². The minimum absolute atomic E-state index is 0.312. The molecule has 27 heavy (non-hydrogen) atoms. The molecule has 0 saturated heterocycles. The van der Waals surface area contributed by atoms with E-state index in [1.165, 1.54) is 0 Å². The van der Waals surface area contributed by atoms with Gasteiger partial charge in [0.15, 0.2) is 5.82 Å². The van der Waals surface area contributed by atoms with Gasteiger partial charge in [0.25, 0.3) is 5.89 Å². The van der Waals surface area contributed by atoms with Crippen molar-refractivity contribution in [1.29, 1.82) is 0 Å². The Morgan fingerprint density at radius 2 is 2.07 bits per heavy atom. The number of amides is 2. The molecule has 0 aliphatic heterocycles. The Balaban J connectivity index is 1.64. The third-order valence-electron chi connectivity index (χ3n) is 4.03. The number of carbonyl (C=O) groups is 1. The Hall–Kier alpha value is -3.20. The summed E-state index contributed by atoms with van der Waals surface area (Å²) in [5.74, 6) is 1.12. The molecule has 3 aromatic rings. The van der Waals surface area contributed by atoms with Gasteiger partial charge in [-0.25, -0.2) is 4.79 Å². The standard InChI is InChI=1S/C18H22N6O3/c1-4-16-22-17(27-23-16)12-5-7-13(8-6-12)20-18(25)21-14(11-26-3)15-9-10-19-24(15)2/h5-10,14H,4,11H2,1-3H3,(H2,20,21,25)/t14-/m1/s1. The zero-order valence-electron chi connectivity index (χ0n) is 15.5. The van der Waals surface area contributed by atoms with Gasteiger partial charge in [-0.15, -0.1) is 0 Å². The molecule has 3 rings (SSSR count). The summed E-state index contributed by atoms with van der Waals surface area (Å²) >= 11 is 0. The Kier molecular flexibility index (Phi) is 5.82. The van der Waals surface area contributed by atoms with E-state index in [0.29, 0.717) is 30.4 Å². The molecule has 1 atom stereocenters. The second-order valence-corrected chi connectivity index (χ2v) is 5.93. The highest BCUT2D eigenvalue weighted by atomic mass is 16.5. The molecule has 0 saturated carbocycles. The average Bonchev–Trinajstić information content (AvgIpc) is 3.31. The summed E-state index contributed by atoms with van der Waals surface area (Å²) in [6.45, 7) is 2.30. The Bertz CT molecular complexity index is 887. The van der Waals surface area contributed by atoms with Gasteiger partial charge in [0.1, 0.15) is 0 Å². The van der Waals surface area contributed by atoms with Crippen LogP contribution in [0, 0.1) is 0 Å². The first-order valence-corrected chi connectivity index (χ1v) is 8.58. The van der Waals surface area contributed by atoms with Crippen LogP contribution in [0.5, 0.6) is 0 Å². The molecule has 0 fully saturated rings. The zero-order chi connectivity index (χ0) is 19.2. The lowest BCUT2D eigenvalue weighted by atomic mass is 10.2. The van der Waals surface area contributed by atoms with E-state index in [-0.39, 0.29) is 12.1 Å². The van der Waals surface area contributed by atoms with Crippen molar-refractivity contribution in [3.63, 3.8) is 0 Å². The van der Waals surface area contributed by atoms with Crippen molar-refractivity contribution < 1.29 is 14.1 Å². The molecule has 9 nitrogen and oxygen atoms in total. The second-order valence-electron chi connectivity index (χ2n) is 5.93. The Morgan fingerprint density at radius 1 is 1.30 bits per heavy atom. The van der Waals surface area contributed by atoms with Crippen LogP contribution in [0.2, 0.25) is 0 Å². The van der Waals surface area contributed by atoms with Crippen LogP contribution in [0.1, 0.15) is 24.5 Å². The Labute approximate surface area is 156 Å². The van der Waals surface area contributed by atoms with Crippen LogP contribution in [-0.4, -0.2) is 39.7 Å². The highest BCUT2D eigenvalue weighted by Crippen LogP contribution is 2.20. The lowest BCUT2D eigenvalue weighted by Gasteiger charge is -2.18. The quantitative estimate of drug-likeness (QED) is 0.662. The summed E-state index contributed by atoms with van der Waals surface area (Å²) in [4.78, 5) is 16.6. The molecule has 0 aliphatic carbocycles. The topological polar surface area (TPSA) is 107 Å². The fourth-order valence-electron chi connectivity index (χ4n) is 2.63. The summed E-state index contributed by atoms with van der Waals surface area (Å²) in [5.41, 5.74) is 2.29. The number of anilines is 1. The number of hydrogen-bond donors (Lipinski definition) is 2. The van der Waals surface area contributed by atoms with Crippen LogP contribution in [0.25, 0.3) is 11.5 Å². The van der Waals surface area contributed by atoms with Crippen molar-refractivity contribution in [2.75, 3.05) is 19.0 Å². The minimum atomic E-state index is -0.336. The van der Waals surface area contributed by atoms with Crippen molar-refractivity contribution in [1.82, 2.24) is 25.2 Å². The molecule has 2 heterocycles. The van der Waals surface area contributed by atoms with E-state index in [1.807, 2.05) is 32.2 Å². The number of nitrogens with one attached hydrogen (secondary N) is 2. The first kappa shape index (κ1) is 18.6. The number of aryl methyl sites for hydroxylation is 2. The van der Waals surface area contributed by atoms with Crippen molar-refractivity contribution >= 4 is 11.7 Å². The van der Waals surface area contributed by atoms with E-state index >= 15 is 0 Å². The van der Waals surface area contributed by atoms with Gasteiger partial charge in [0, 0.05) is 38.0 Å². The first-order valence-electron chi connectivity index (χ1n) is 8.58. The van der Waals surface area contributed by atoms with Gasteiger partial charge in [-0.2, -0.15) is 10.1 Å². The zero-order valence-corrected chi connectivity index (χ0v) is 15.5. The highest BCUT2D eigenvalue weighted by Gasteiger charge is 2.17. The van der Waals surface area contributed by atoms with Gasteiger partial charge < -0.3 is 19.9 Å². The van der Waals surface area contributed by atoms with Crippen molar-refractivity contribution in [3.8, 4) is 11.5 Å². The number of methoxy groups -OCH3 is 1. The largest absolute Gasteiger partial charge is 0.382 e. The van der Waals surface area contributed by atoms with E-state index in [1.54, 1.807) is 30.1 Å². The number of urea groups is 1. The Morgan fingerprint density at radius 3 is 2.67 bits per heavy atom. The van der Waals surface area contributed by atoms with Gasteiger partial charge in [0.2, 0.25) is 0 Å². The van der Waals surface area contributed by atoms with E-state index in [9.17, 15) is 4.79 Å². The molecule has 0 unspecified atom stereocenters. The second kappa shape index (κ2) is 8.45. The van der Waals surface area contributed by atoms with Crippen molar-refractivity contribution in [2.45, 2.75) is 19.4 Å². The summed E-state index contributed by atoms with van der Waals surface area (Å²) in [6, 6.07) is 8.38. The maximum Gasteiger partial charge on any atom is 0.319 e. The molecular formula is C18H22N6O3. The lowest BCUT2D eigenvalue weighted by Crippen LogP contribution is -2.35. The predicted molar refractivity (Wildman–Crippen MR) is 99.1 cm³/mol. The summed E-state index contributed by atoms with van der Waals surface area (Å²) in [5, 5.41) is 13.7. The van der Waals surface area contributed by atoms with Gasteiger partial charge in [-0.1, -0.05) is 12.1 Å². The third kappa shape index (κ3) is 4.50. The molecule has 0 aliphatic rings. The van der Waals surface area contributed by atoms with Gasteiger partial charge in [-0.05, 0) is 30.3 Å². The van der Waals surface area contributed by atoms with E-state index in [4.69, 9.17) is 9.26 Å². The fourth-order valence-corrected chi connectivity index (χ4v) is 2.63. The third-order valence-corrected chi connectivity index (χ3v) is 4.03. The SMILES string of the molecule is CCc1noc(-c2ccc(NC(=O)N[C@H](COC)c3ccnn3C)cc2)n1. The summed E-state index contributed by atoms with van der Waals surface area (Å²) < 4.78 is 12.1. The number of nitrogens with zero attached hydrogens (tertiary/aromatic N) is 4. The smallest absolute Gasteiger partial charge is 0.319 e. The number of ether oxygens (including phenoxy) is 1. The van der Waals surface area contributed by atoms with Gasteiger partial charge in [0.05, 0.1) is 18.3 Å². The molecule has 1 aromatic carbocycles. The number of aromatic nitrogens is 4. The molecule has 2 N–H and O–H groups in total. The van der Waals surface area contributed by atoms with Crippen LogP contribution < -0.4 is 10.6 Å². The maximum atomic E-state index is 12.4. The van der Waals surface area contributed by atoms with Crippen LogP contribution in [0.4, 0.5) is 10.5 Å². The monoisotopic (exact) mass is 370 g/mol. The van der Waals surface area contributed by atoms with E-state index < -0.39 is 0 Å². The molecule has 0 bridgehead atoms. The number of carbonyl (C=O) groups excluding carboxylic acids is 1. The van der Waals surface area contributed by atoms with Crippen LogP contribution in [0.3, 0.4) is 0 Å². The molecule has 2 amide bonds. The van der Waals surface area contributed by atoms with Crippen molar-refractivity contribution in [3.05, 3.63) is 48.0 Å². The van der Waals surface area contributed by atoms with Crippen LogP contribution >= 0.6 is 0 Å². The molecule has 0 radical (unpaired) electrons. The average molecular weight is 370 g/mol. The molecule has 0 spiro atoms. The molecule has 9 heteroatoms. The molecule has 2 aromatic heterocycles. The number of hydrogen-bond acceptors (Lipinski definition) is 6. The lowest BCUT2D eigenvalue weighted by molar-refractivity contribution is 0.165. The first-order chi connectivity index (χ1) is 13.1. The summed E-state index contributed by atoms with van der Waals surface area (Å²) in [6.07, 6.45) is 2.39. The summed E-state index contributed by atoms with van der Waals surface area (Å²) in [7, 11) is 3.40. The number of rotatable bonds is 7.